The summed E-state index contributed by atoms with van der Waals surface area (Å²) < 4.78 is 18.9. The van der Waals surface area contributed by atoms with Crippen molar-refractivity contribution in [1.82, 2.24) is 5.32 Å². The molecule has 2 aliphatic heterocycles. The Balaban J connectivity index is 0.000000513. The summed E-state index contributed by atoms with van der Waals surface area (Å²) >= 11 is 0. The zero-order chi connectivity index (χ0) is 30.3. The van der Waals surface area contributed by atoms with Gasteiger partial charge >= 0.3 is 0 Å². The highest BCUT2D eigenvalue weighted by molar-refractivity contribution is 5.43. The average molecular weight is 594 g/mol. The first-order valence-corrected chi connectivity index (χ1v) is 15.9. The third-order valence-electron chi connectivity index (χ3n) is 9.10. The van der Waals surface area contributed by atoms with Gasteiger partial charge in [-0.25, -0.2) is 0 Å². The molecule has 0 unspecified atom stereocenters. The third-order valence-corrected chi connectivity index (χ3v) is 9.10. The van der Waals surface area contributed by atoms with Crippen LogP contribution in [0.5, 0.6) is 0 Å². The minimum atomic E-state index is -1.58. The lowest BCUT2D eigenvalue weighted by molar-refractivity contribution is -0.213. The molecule has 2 heterocycles. The van der Waals surface area contributed by atoms with E-state index in [2.05, 4.69) is 5.32 Å². The van der Waals surface area contributed by atoms with Gasteiger partial charge in [0.05, 0.1) is 13.2 Å². The number of morpholine rings is 1. The molecule has 1 saturated carbocycles. The summed E-state index contributed by atoms with van der Waals surface area (Å²) in [6.07, 6.45) is 2.73. The number of rotatable bonds is 6. The summed E-state index contributed by atoms with van der Waals surface area (Å²) in [5, 5.41) is 28.9. The van der Waals surface area contributed by atoms with E-state index in [1.54, 1.807) is 0 Å². The van der Waals surface area contributed by atoms with Crippen LogP contribution in [-0.4, -0.2) is 54.5 Å². The van der Waals surface area contributed by atoms with Crippen LogP contribution in [0.2, 0.25) is 0 Å². The molecule has 7 rings (SSSR count). The van der Waals surface area contributed by atoms with Crippen molar-refractivity contribution in [2.75, 3.05) is 26.3 Å². The van der Waals surface area contributed by atoms with Crippen LogP contribution < -0.4 is 5.32 Å². The van der Waals surface area contributed by atoms with Gasteiger partial charge in [-0.05, 0) is 35.1 Å². The van der Waals surface area contributed by atoms with Crippen LogP contribution in [0.15, 0.2) is 121 Å². The smallest absolute Gasteiger partial charge is 0.169 e. The summed E-state index contributed by atoms with van der Waals surface area (Å²) in [5.74, 6) is -0.872. The zero-order valence-electron chi connectivity index (χ0n) is 25.2. The monoisotopic (exact) mass is 593 g/mol. The van der Waals surface area contributed by atoms with Crippen molar-refractivity contribution in [1.29, 1.82) is 0 Å². The number of benzene rings is 4. The SMILES string of the molecule is C1COCCN1.OC(c1ccccc1)(c1ccccc1)[C@@H]1OC2(CCCCC2)O[C@H]1C(O)(c1ccccc1)c1ccccc1. The maximum atomic E-state index is 12.9. The Morgan fingerprint density at radius 1 is 0.523 bits per heavy atom. The van der Waals surface area contributed by atoms with E-state index < -0.39 is 29.2 Å². The maximum Gasteiger partial charge on any atom is 0.169 e. The van der Waals surface area contributed by atoms with Crippen LogP contribution in [0.25, 0.3) is 0 Å². The van der Waals surface area contributed by atoms with E-state index in [4.69, 9.17) is 14.2 Å². The Hall–Kier alpha value is -3.36. The van der Waals surface area contributed by atoms with Gasteiger partial charge in [-0.1, -0.05) is 128 Å². The van der Waals surface area contributed by atoms with Crippen molar-refractivity contribution >= 4 is 0 Å². The first kappa shape index (κ1) is 30.7. The molecule has 0 bridgehead atoms. The second-order valence-corrected chi connectivity index (χ2v) is 11.9. The van der Waals surface area contributed by atoms with Crippen molar-refractivity contribution in [2.45, 2.75) is 61.3 Å². The Bertz CT molecular complexity index is 1230. The Kier molecular flexibility index (Phi) is 9.57. The molecule has 2 saturated heterocycles. The summed E-state index contributed by atoms with van der Waals surface area (Å²) in [5.41, 5.74) is -0.373. The van der Waals surface area contributed by atoms with Gasteiger partial charge in [0.2, 0.25) is 0 Å². The molecule has 0 aromatic heterocycles. The van der Waals surface area contributed by atoms with Gasteiger partial charge < -0.3 is 29.7 Å². The van der Waals surface area contributed by atoms with E-state index in [0.717, 1.165) is 58.4 Å². The molecule has 3 aliphatic rings. The van der Waals surface area contributed by atoms with Crippen molar-refractivity contribution in [3.8, 4) is 0 Å². The van der Waals surface area contributed by atoms with Crippen LogP contribution in [0.4, 0.5) is 0 Å². The predicted molar refractivity (Wildman–Crippen MR) is 171 cm³/mol. The molecule has 1 aliphatic carbocycles. The van der Waals surface area contributed by atoms with Gasteiger partial charge in [-0.15, -0.1) is 0 Å². The van der Waals surface area contributed by atoms with Gasteiger partial charge in [0.1, 0.15) is 23.4 Å². The van der Waals surface area contributed by atoms with E-state index >= 15 is 0 Å². The first-order chi connectivity index (χ1) is 21.6. The minimum absolute atomic E-state index is 0.695. The number of hydrogen-bond acceptors (Lipinski definition) is 6. The number of nitrogens with one attached hydrogen (secondary N) is 1. The summed E-state index contributed by atoms with van der Waals surface area (Å²) in [6.45, 7) is 3.83. The fourth-order valence-electron chi connectivity index (χ4n) is 6.82. The lowest BCUT2D eigenvalue weighted by atomic mass is 9.72. The lowest BCUT2D eigenvalue weighted by Gasteiger charge is -2.42. The summed E-state index contributed by atoms with van der Waals surface area (Å²) in [4.78, 5) is 0. The molecule has 2 atom stereocenters. The lowest BCUT2D eigenvalue weighted by Crippen LogP contribution is -2.54. The molecule has 4 aromatic carbocycles. The van der Waals surface area contributed by atoms with Gasteiger partial charge in [0.25, 0.3) is 0 Å². The molecule has 230 valence electrons. The normalized spacial score (nSPS) is 21.8. The molecule has 0 amide bonds. The topological polar surface area (TPSA) is 80.2 Å². The van der Waals surface area contributed by atoms with E-state index in [1.165, 1.54) is 0 Å². The van der Waals surface area contributed by atoms with Crippen LogP contribution in [-0.2, 0) is 25.4 Å². The number of ether oxygens (including phenoxy) is 3. The Labute approximate surface area is 260 Å². The number of aliphatic hydroxyl groups is 2. The van der Waals surface area contributed by atoms with E-state index in [0.29, 0.717) is 22.3 Å². The molecule has 6 heteroatoms. The quantitative estimate of drug-likeness (QED) is 0.258. The highest BCUT2D eigenvalue weighted by Crippen LogP contribution is 2.53. The van der Waals surface area contributed by atoms with Crippen LogP contribution in [0.3, 0.4) is 0 Å². The van der Waals surface area contributed by atoms with E-state index in [-0.39, 0.29) is 0 Å². The molecule has 1 spiro atoms. The first-order valence-electron chi connectivity index (χ1n) is 15.9. The molecular formula is C38H43NO5. The van der Waals surface area contributed by atoms with Crippen molar-refractivity contribution in [3.63, 3.8) is 0 Å². The third kappa shape index (κ3) is 6.11. The molecule has 44 heavy (non-hydrogen) atoms. The second-order valence-electron chi connectivity index (χ2n) is 11.9. The van der Waals surface area contributed by atoms with Gasteiger partial charge in [-0.2, -0.15) is 0 Å². The average Bonchev–Trinajstić information content (AvgIpc) is 3.49. The molecule has 3 N–H and O–H groups in total. The largest absolute Gasteiger partial charge is 0.379 e. The maximum absolute atomic E-state index is 12.9. The highest BCUT2D eigenvalue weighted by Gasteiger charge is 2.63. The summed E-state index contributed by atoms with van der Waals surface area (Å²) in [6, 6.07) is 38.5. The van der Waals surface area contributed by atoms with Crippen molar-refractivity contribution in [2.24, 2.45) is 0 Å². The molecule has 0 radical (unpaired) electrons. The highest BCUT2D eigenvalue weighted by atomic mass is 16.8. The number of hydrogen-bond donors (Lipinski definition) is 3. The second kappa shape index (κ2) is 13.7. The fraction of sp³-hybridized carbons (Fsp3) is 0.368. The van der Waals surface area contributed by atoms with Crippen LogP contribution >= 0.6 is 0 Å². The van der Waals surface area contributed by atoms with E-state index in [1.807, 2.05) is 121 Å². The molecule has 6 nitrogen and oxygen atoms in total. The standard InChI is InChI=1S/C34H34O4.C4H9NO/c35-33(26-16-6-1-7-17-26,27-18-8-2-9-19-27)30-31(38-32(37-30)24-14-5-15-25-32)34(36,28-20-10-3-11-21-28)29-22-12-4-13-23-29;1-3-6-4-2-5-1/h1-4,6-13,16-23,30-31,35-36H,5,14-15,24-25H2;5H,1-4H2/t30-,31-;/m1./s1. The Morgan fingerprint density at radius 3 is 1.14 bits per heavy atom. The van der Waals surface area contributed by atoms with Gasteiger partial charge in [0.15, 0.2) is 5.79 Å². The van der Waals surface area contributed by atoms with Crippen LogP contribution in [0.1, 0.15) is 54.4 Å². The molecular weight excluding hydrogens is 550 g/mol. The fourth-order valence-corrected chi connectivity index (χ4v) is 6.82. The molecule has 4 aromatic rings. The van der Waals surface area contributed by atoms with Crippen LogP contribution in [0, 0.1) is 0 Å². The zero-order valence-corrected chi connectivity index (χ0v) is 25.2. The molecule has 3 fully saturated rings. The van der Waals surface area contributed by atoms with Crippen molar-refractivity contribution < 1.29 is 24.4 Å². The minimum Gasteiger partial charge on any atom is -0.379 e. The van der Waals surface area contributed by atoms with Gasteiger partial charge in [-0.3, -0.25) is 0 Å². The summed E-state index contributed by atoms with van der Waals surface area (Å²) in [7, 11) is 0. The van der Waals surface area contributed by atoms with Crippen molar-refractivity contribution in [3.05, 3.63) is 144 Å². The predicted octanol–water partition coefficient (Wildman–Crippen LogP) is 5.91. The Morgan fingerprint density at radius 2 is 0.864 bits per heavy atom. The van der Waals surface area contributed by atoms with Gasteiger partial charge in [0, 0.05) is 25.9 Å². The van der Waals surface area contributed by atoms with E-state index in [9.17, 15) is 10.2 Å².